The van der Waals surface area contributed by atoms with Crippen molar-refractivity contribution in [3.8, 4) is 5.88 Å². The zero-order chi connectivity index (χ0) is 12.0. The number of aromatic nitrogens is 1. The van der Waals surface area contributed by atoms with Crippen molar-refractivity contribution in [3.63, 3.8) is 0 Å². The summed E-state index contributed by atoms with van der Waals surface area (Å²) in [5, 5.41) is 10.9. The quantitative estimate of drug-likeness (QED) is 0.696. The number of carbonyl (C=O) groups is 2. The molecule has 0 spiro atoms. The second kappa shape index (κ2) is 5.69. The first-order chi connectivity index (χ1) is 7.61. The predicted octanol–water partition coefficient (Wildman–Crippen LogP) is 0.181. The number of methoxy groups -OCH3 is 1. The van der Waals surface area contributed by atoms with E-state index >= 15 is 0 Å². The Balaban J connectivity index is 2.47. The predicted molar refractivity (Wildman–Crippen MR) is 54.9 cm³/mol. The molecule has 0 atom stereocenters. The van der Waals surface area contributed by atoms with E-state index < -0.39 is 18.3 Å². The van der Waals surface area contributed by atoms with Crippen LogP contribution in [-0.2, 0) is 16.1 Å². The van der Waals surface area contributed by atoms with E-state index in [-0.39, 0.29) is 6.54 Å². The zero-order valence-electron chi connectivity index (χ0n) is 8.77. The third kappa shape index (κ3) is 3.95. The number of aliphatic carboxylic acids is 1. The highest BCUT2D eigenvalue weighted by molar-refractivity contribution is 5.93. The summed E-state index contributed by atoms with van der Waals surface area (Å²) in [6, 6.07) is 3.38. The molecule has 6 heteroatoms. The lowest BCUT2D eigenvalue weighted by molar-refractivity contribution is -0.140. The highest BCUT2D eigenvalue weighted by atomic mass is 16.5. The van der Waals surface area contributed by atoms with Crippen LogP contribution in [0.2, 0.25) is 0 Å². The van der Waals surface area contributed by atoms with Crippen LogP contribution in [0, 0.1) is 0 Å². The van der Waals surface area contributed by atoms with Crippen LogP contribution in [-0.4, -0.2) is 29.1 Å². The summed E-state index contributed by atoms with van der Waals surface area (Å²) in [6.07, 6.45) is 1.03. The number of hydrogen-bond donors (Lipinski definition) is 2. The standard InChI is InChI=1S/C10H12N2O4/c1-16-9-4-7(2-3-11-9)6-12-8(13)5-10(14)15/h2-4H,5-6H2,1H3,(H,12,13)(H,14,15). The molecule has 0 aliphatic heterocycles. The SMILES string of the molecule is COc1cc(CNC(=O)CC(=O)O)ccn1. The minimum atomic E-state index is -1.15. The Morgan fingerprint density at radius 3 is 2.94 bits per heavy atom. The number of hydrogen-bond acceptors (Lipinski definition) is 4. The molecule has 0 unspecified atom stereocenters. The Labute approximate surface area is 92.3 Å². The molecule has 1 amide bonds. The lowest BCUT2D eigenvalue weighted by Crippen LogP contribution is -2.25. The van der Waals surface area contributed by atoms with Crippen molar-refractivity contribution in [1.29, 1.82) is 0 Å². The minimum absolute atomic E-state index is 0.255. The topological polar surface area (TPSA) is 88.5 Å². The van der Waals surface area contributed by atoms with E-state index in [1.807, 2.05) is 0 Å². The number of amides is 1. The van der Waals surface area contributed by atoms with Crippen LogP contribution in [0.1, 0.15) is 12.0 Å². The fourth-order valence-electron chi connectivity index (χ4n) is 1.07. The Morgan fingerprint density at radius 2 is 2.31 bits per heavy atom. The summed E-state index contributed by atoms with van der Waals surface area (Å²) >= 11 is 0. The van der Waals surface area contributed by atoms with Gasteiger partial charge >= 0.3 is 5.97 Å². The number of carbonyl (C=O) groups excluding carboxylic acids is 1. The van der Waals surface area contributed by atoms with Gasteiger partial charge in [0.2, 0.25) is 11.8 Å². The molecule has 0 bridgehead atoms. The van der Waals surface area contributed by atoms with Gasteiger partial charge in [0, 0.05) is 18.8 Å². The van der Waals surface area contributed by atoms with Crippen molar-refractivity contribution in [2.24, 2.45) is 0 Å². The first-order valence-corrected chi connectivity index (χ1v) is 4.59. The van der Waals surface area contributed by atoms with Gasteiger partial charge in [-0.15, -0.1) is 0 Å². The van der Waals surface area contributed by atoms with Crippen molar-refractivity contribution in [3.05, 3.63) is 23.9 Å². The van der Waals surface area contributed by atoms with Gasteiger partial charge in [0.15, 0.2) is 0 Å². The molecule has 1 aromatic rings. The zero-order valence-corrected chi connectivity index (χ0v) is 8.77. The van der Waals surface area contributed by atoms with E-state index in [4.69, 9.17) is 9.84 Å². The van der Waals surface area contributed by atoms with Gasteiger partial charge in [0.05, 0.1) is 7.11 Å². The van der Waals surface area contributed by atoms with Crippen molar-refractivity contribution in [2.75, 3.05) is 7.11 Å². The molecule has 0 saturated carbocycles. The van der Waals surface area contributed by atoms with E-state index in [2.05, 4.69) is 10.3 Å². The second-order valence-corrected chi connectivity index (χ2v) is 3.05. The maximum atomic E-state index is 11.0. The first-order valence-electron chi connectivity index (χ1n) is 4.59. The van der Waals surface area contributed by atoms with Crippen LogP contribution in [0.3, 0.4) is 0 Å². The molecule has 0 aliphatic carbocycles. The Morgan fingerprint density at radius 1 is 1.56 bits per heavy atom. The van der Waals surface area contributed by atoms with Gasteiger partial charge in [-0.3, -0.25) is 9.59 Å². The van der Waals surface area contributed by atoms with Crippen LogP contribution in [0.5, 0.6) is 5.88 Å². The smallest absolute Gasteiger partial charge is 0.312 e. The summed E-state index contributed by atoms with van der Waals surface area (Å²) in [6.45, 7) is 0.255. The molecular formula is C10H12N2O4. The van der Waals surface area contributed by atoms with Gasteiger partial charge in [0.25, 0.3) is 0 Å². The van der Waals surface area contributed by atoms with Crippen molar-refractivity contribution in [2.45, 2.75) is 13.0 Å². The van der Waals surface area contributed by atoms with Crippen LogP contribution in [0.4, 0.5) is 0 Å². The molecular weight excluding hydrogens is 212 g/mol. The lowest BCUT2D eigenvalue weighted by Gasteiger charge is -2.04. The third-order valence-electron chi connectivity index (χ3n) is 1.81. The molecule has 0 fully saturated rings. The average Bonchev–Trinajstić information content (AvgIpc) is 2.26. The number of nitrogens with zero attached hydrogens (tertiary/aromatic N) is 1. The fraction of sp³-hybridized carbons (Fsp3) is 0.300. The molecule has 86 valence electrons. The third-order valence-corrected chi connectivity index (χ3v) is 1.81. The molecule has 0 aromatic carbocycles. The fourth-order valence-corrected chi connectivity index (χ4v) is 1.07. The molecule has 1 heterocycles. The van der Waals surface area contributed by atoms with E-state index in [1.165, 1.54) is 7.11 Å². The number of carboxylic acids is 1. The Kier molecular flexibility index (Phi) is 4.26. The van der Waals surface area contributed by atoms with E-state index in [1.54, 1.807) is 18.3 Å². The molecule has 1 rings (SSSR count). The molecule has 1 aromatic heterocycles. The summed E-state index contributed by atoms with van der Waals surface area (Å²) < 4.78 is 4.91. The number of rotatable bonds is 5. The van der Waals surface area contributed by atoms with E-state index in [9.17, 15) is 9.59 Å². The number of carboxylic acid groups (broad SMARTS) is 1. The maximum Gasteiger partial charge on any atom is 0.312 e. The Bertz CT molecular complexity index is 392. The number of nitrogens with one attached hydrogen (secondary N) is 1. The maximum absolute atomic E-state index is 11.0. The minimum Gasteiger partial charge on any atom is -0.481 e. The monoisotopic (exact) mass is 224 g/mol. The second-order valence-electron chi connectivity index (χ2n) is 3.05. The average molecular weight is 224 g/mol. The highest BCUT2D eigenvalue weighted by Crippen LogP contribution is 2.07. The number of pyridine rings is 1. The summed E-state index contributed by atoms with van der Waals surface area (Å²) in [7, 11) is 1.50. The van der Waals surface area contributed by atoms with Gasteiger partial charge in [-0.05, 0) is 11.6 Å². The molecule has 2 N–H and O–H groups in total. The van der Waals surface area contributed by atoms with Gasteiger partial charge < -0.3 is 15.2 Å². The van der Waals surface area contributed by atoms with Crippen LogP contribution < -0.4 is 10.1 Å². The van der Waals surface area contributed by atoms with Gasteiger partial charge in [-0.1, -0.05) is 0 Å². The van der Waals surface area contributed by atoms with Gasteiger partial charge in [-0.25, -0.2) is 4.98 Å². The summed E-state index contributed by atoms with van der Waals surface area (Å²) in [4.78, 5) is 25.2. The van der Waals surface area contributed by atoms with Gasteiger partial charge in [0.1, 0.15) is 6.42 Å². The lowest BCUT2D eigenvalue weighted by atomic mass is 10.2. The van der Waals surface area contributed by atoms with Crippen molar-refractivity contribution >= 4 is 11.9 Å². The number of ether oxygens (including phenoxy) is 1. The van der Waals surface area contributed by atoms with Crippen LogP contribution in [0.15, 0.2) is 18.3 Å². The highest BCUT2D eigenvalue weighted by Gasteiger charge is 2.06. The normalized spacial score (nSPS) is 9.56. The van der Waals surface area contributed by atoms with Crippen molar-refractivity contribution in [1.82, 2.24) is 10.3 Å². The Hall–Kier alpha value is -2.11. The van der Waals surface area contributed by atoms with E-state index in [0.717, 1.165) is 5.56 Å². The van der Waals surface area contributed by atoms with E-state index in [0.29, 0.717) is 5.88 Å². The summed E-state index contributed by atoms with van der Waals surface area (Å²) in [5.41, 5.74) is 0.797. The molecule has 16 heavy (non-hydrogen) atoms. The van der Waals surface area contributed by atoms with Crippen LogP contribution in [0.25, 0.3) is 0 Å². The molecule has 0 radical (unpaired) electrons. The van der Waals surface area contributed by atoms with Crippen molar-refractivity contribution < 1.29 is 19.4 Å². The molecule has 0 aliphatic rings. The summed E-state index contributed by atoms with van der Waals surface area (Å²) in [5.74, 6) is -1.22. The largest absolute Gasteiger partial charge is 0.481 e. The molecule has 0 saturated heterocycles. The van der Waals surface area contributed by atoms with Crippen LogP contribution >= 0.6 is 0 Å². The first kappa shape index (κ1) is 12.0. The molecule has 6 nitrogen and oxygen atoms in total. The van der Waals surface area contributed by atoms with Gasteiger partial charge in [-0.2, -0.15) is 0 Å².